The van der Waals surface area contributed by atoms with Crippen LogP contribution in [-0.2, 0) is 42.3 Å². The van der Waals surface area contributed by atoms with Crippen LogP contribution in [-0.4, -0.2) is 114 Å². The number of anilines is 2. The van der Waals surface area contributed by atoms with Crippen LogP contribution in [0.2, 0.25) is 0 Å². The van der Waals surface area contributed by atoms with Crippen molar-refractivity contribution < 1.29 is 116 Å². The van der Waals surface area contributed by atoms with Gasteiger partial charge in [0.15, 0.2) is 0 Å². The summed E-state index contributed by atoms with van der Waals surface area (Å²) in [5, 5.41) is 26.8. The Morgan fingerprint density at radius 1 is 0.745 bits per heavy atom. The van der Waals surface area contributed by atoms with Gasteiger partial charge in [0.05, 0.1) is 13.1 Å². The van der Waals surface area contributed by atoms with Crippen LogP contribution in [0.3, 0.4) is 0 Å². The minimum atomic E-state index is -5.17. The van der Waals surface area contributed by atoms with E-state index in [1.165, 1.54) is 0 Å². The Balaban J connectivity index is 0.000000759. The number of carbonyl (C=O) groups is 4. The third-order valence-corrected chi connectivity index (χ3v) is 5.82. The molecule has 0 bridgehead atoms. The molecule has 4 rings (SSSR count). The first-order valence-corrected chi connectivity index (χ1v) is 14.4. The van der Waals surface area contributed by atoms with Crippen molar-refractivity contribution in [2.24, 2.45) is 10.3 Å². The van der Waals surface area contributed by atoms with Gasteiger partial charge in [-0.05, 0) is 48.2 Å². The first kappa shape index (κ1) is 43.7. The van der Waals surface area contributed by atoms with Gasteiger partial charge in [0.1, 0.15) is 25.6 Å². The molecular weight excluding hydrogens is 666 g/mol. The summed E-state index contributed by atoms with van der Waals surface area (Å²) < 4.78 is 43.8. The fraction of sp³-hybridized carbons (Fsp3) is 0.308. The fourth-order valence-corrected chi connectivity index (χ4v) is 3.75. The molecule has 18 nitrogen and oxygen atoms in total. The van der Waals surface area contributed by atoms with E-state index in [0.29, 0.717) is 50.8 Å². The molecule has 4 N–H and O–H groups in total. The molecule has 0 saturated carbocycles. The monoisotopic (exact) mass is 696 g/mol. The standard InChI is InChI=1S/2C13H15N3O4.2Na.H2O4S/c2*17-12(9-14-19)15-11-3-1-10(2-4-11)5-6-16-7-8-20-13(16)18;;;1-5(2,3)4/h2*1-4,9,19H,5-8H2,(H,15,17);;;(H2,1,2,3,4)/q;;2*+1;/p-2. The van der Waals surface area contributed by atoms with E-state index < -0.39 is 22.2 Å². The number of amides is 4. The zero-order valence-corrected chi connectivity index (χ0v) is 30.4. The number of hydrogen-bond donors (Lipinski definition) is 4. The predicted octanol–water partition coefficient (Wildman–Crippen LogP) is -5.17. The molecular formula is C26H30N6Na2O12S. The predicted molar refractivity (Wildman–Crippen MR) is 154 cm³/mol. The summed E-state index contributed by atoms with van der Waals surface area (Å²) in [5.74, 6) is -1.000. The largest absolute Gasteiger partial charge is 1.00 e. The van der Waals surface area contributed by atoms with Crippen molar-refractivity contribution in [1.29, 1.82) is 0 Å². The van der Waals surface area contributed by atoms with Crippen molar-refractivity contribution in [3.8, 4) is 0 Å². The summed E-state index contributed by atoms with van der Waals surface area (Å²) in [6, 6.07) is 14.5. The number of carbonyl (C=O) groups excluding carboxylic acids is 4. The molecule has 4 amide bonds. The molecule has 0 radical (unpaired) electrons. The van der Waals surface area contributed by atoms with Gasteiger partial charge in [-0.15, -0.1) is 0 Å². The third-order valence-electron chi connectivity index (χ3n) is 5.82. The number of benzene rings is 2. The van der Waals surface area contributed by atoms with Gasteiger partial charge in [0, 0.05) is 34.9 Å². The number of cyclic esters (lactones) is 2. The second-order valence-corrected chi connectivity index (χ2v) is 9.79. The van der Waals surface area contributed by atoms with Crippen molar-refractivity contribution in [1.82, 2.24) is 9.80 Å². The molecule has 0 spiro atoms. The number of nitrogens with one attached hydrogen (secondary N) is 2. The molecule has 0 unspecified atom stereocenters. The van der Waals surface area contributed by atoms with Gasteiger partial charge in [0.25, 0.3) is 11.8 Å². The maximum absolute atomic E-state index is 11.3. The van der Waals surface area contributed by atoms with Gasteiger partial charge in [-0.25, -0.2) is 9.59 Å². The topological polar surface area (TPSA) is 263 Å². The van der Waals surface area contributed by atoms with Crippen LogP contribution < -0.4 is 69.7 Å². The summed E-state index contributed by atoms with van der Waals surface area (Å²) >= 11 is 0. The number of hydrogen-bond acceptors (Lipinski definition) is 14. The van der Waals surface area contributed by atoms with Crippen molar-refractivity contribution in [2.75, 3.05) is 50.0 Å². The summed E-state index contributed by atoms with van der Waals surface area (Å²) in [6.45, 7) is 3.40. The smallest absolute Gasteiger partial charge is 0.759 e. The minimum absolute atomic E-state index is 0. The minimum Gasteiger partial charge on any atom is -0.759 e. The molecule has 2 saturated heterocycles. The average molecular weight is 697 g/mol. The van der Waals surface area contributed by atoms with E-state index in [1.807, 2.05) is 24.3 Å². The summed E-state index contributed by atoms with van der Waals surface area (Å²) in [6.07, 6.45) is 2.48. The normalized spacial score (nSPS) is 13.7. The zero-order chi connectivity index (χ0) is 33.2. The quantitative estimate of drug-likeness (QED) is 0.0454. The van der Waals surface area contributed by atoms with E-state index in [4.69, 9.17) is 37.4 Å². The van der Waals surface area contributed by atoms with E-state index in [0.717, 1.165) is 36.4 Å². The van der Waals surface area contributed by atoms with Crippen molar-refractivity contribution >= 4 is 58.2 Å². The molecule has 2 aromatic rings. The van der Waals surface area contributed by atoms with Crippen LogP contribution in [0.5, 0.6) is 0 Å². The molecule has 2 aliphatic rings. The Labute approximate surface area is 314 Å². The number of rotatable bonds is 10. The van der Waals surface area contributed by atoms with Crippen LogP contribution in [0.1, 0.15) is 11.1 Å². The Kier molecular flexibility index (Phi) is 21.5. The van der Waals surface area contributed by atoms with Gasteiger partial charge >= 0.3 is 71.3 Å². The van der Waals surface area contributed by atoms with E-state index in [-0.39, 0.29) is 71.3 Å². The molecule has 244 valence electrons. The van der Waals surface area contributed by atoms with E-state index in [2.05, 4.69) is 20.9 Å². The summed E-state index contributed by atoms with van der Waals surface area (Å²) in [4.78, 5) is 48.1. The van der Waals surface area contributed by atoms with Crippen LogP contribution in [0.4, 0.5) is 21.0 Å². The van der Waals surface area contributed by atoms with Crippen LogP contribution in [0.15, 0.2) is 58.8 Å². The van der Waals surface area contributed by atoms with Gasteiger partial charge in [0.2, 0.25) is 0 Å². The van der Waals surface area contributed by atoms with E-state index in [9.17, 15) is 19.2 Å². The fourth-order valence-electron chi connectivity index (χ4n) is 3.75. The Morgan fingerprint density at radius 3 is 1.32 bits per heavy atom. The van der Waals surface area contributed by atoms with Gasteiger partial charge in [-0.3, -0.25) is 18.0 Å². The van der Waals surface area contributed by atoms with E-state index >= 15 is 0 Å². The van der Waals surface area contributed by atoms with Gasteiger partial charge < -0.3 is 49.4 Å². The molecule has 47 heavy (non-hydrogen) atoms. The maximum Gasteiger partial charge on any atom is 1.00 e. The van der Waals surface area contributed by atoms with Gasteiger partial charge in [-0.1, -0.05) is 34.6 Å². The number of ether oxygens (including phenoxy) is 2. The Bertz CT molecular complexity index is 1360. The zero-order valence-electron chi connectivity index (χ0n) is 25.6. The molecule has 0 aromatic heterocycles. The molecule has 2 fully saturated rings. The average Bonchev–Trinajstić information content (AvgIpc) is 3.59. The Hall–Kier alpha value is -3.27. The molecule has 2 aliphatic heterocycles. The first-order valence-electron chi connectivity index (χ1n) is 13.0. The molecule has 21 heteroatoms. The van der Waals surface area contributed by atoms with E-state index in [1.54, 1.807) is 34.1 Å². The van der Waals surface area contributed by atoms with Crippen molar-refractivity contribution in [3.63, 3.8) is 0 Å². The maximum atomic E-state index is 11.3. The summed E-state index contributed by atoms with van der Waals surface area (Å²) in [7, 11) is -5.17. The van der Waals surface area contributed by atoms with Crippen LogP contribution >= 0.6 is 0 Å². The second kappa shape index (κ2) is 23.1. The van der Waals surface area contributed by atoms with Gasteiger partial charge in [-0.2, -0.15) is 0 Å². The number of nitrogens with zero attached hydrogens (tertiary/aromatic N) is 4. The SMILES string of the molecule is O=C(C=NO)Nc1ccc(CCN2CCOC2=O)cc1.O=C(C=NO)Nc1ccc(CCN2CCOC2=O)cc1.O=S(=O)([O-])[O-].[Na+].[Na+]. The summed E-state index contributed by atoms with van der Waals surface area (Å²) in [5.41, 5.74) is 3.33. The number of oxime groups is 2. The van der Waals surface area contributed by atoms with Crippen LogP contribution in [0.25, 0.3) is 0 Å². The molecule has 2 aromatic carbocycles. The molecule has 0 atom stereocenters. The second-order valence-electron chi connectivity index (χ2n) is 8.97. The van der Waals surface area contributed by atoms with Crippen molar-refractivity contribution in [2.45, 2.75) is 12.8 Å². The molecule has 2 heterocycles. The first-order chi connectivity index (χ1) is 21.4. The van der Waals surface area contributed by atoms with Crippen LogP contribution in [0, 0.1) is 0 Å². The molecule has 0 aliphatic carbocycles. The third kappa shape index (κ3) is 19.2. The van der Waals surface area contributed by atoms with Crippen molar-refractivity contribution in [3.05, 3.63) is 59.7 Å². The Morgan fingerprint density at radius 2 is 1.06 bits per heavy atom.